The van der Waals surface area contributed by atoms with E-state index >= 15 is 0 Å². The molecule has 0 bridgehead atoms. The summed E-state index contributed by atoms with van der Waals surface area (Å²) in [6, 6.07) is 0. The van der Waals surface area contributed by atoms with Gasteiger partial charge in [-0.2, -0.15) is 0 Å². The van der Waals surface area contributed by atoms with Gasteiger partial charge in [-0.15, -0.1) is 0 Å². The molecule has 83 heavy (non-hydrogen) atoms. The molecule has 0 saturated heterocycles. The van der Waals surface area contributed by atoms with Crippen molar-refractivity contribution in [2.75, 3.05) is 13.2 Å². The zero-order valence-electron chi connectivity index (χ0n) is 52.4. The fraction of sp³-hybridized carbons (Fsp3) is 0.494. The molecule has 0 heterocycles. The van der Waals surface area contributed by atoms with Crippen LogP contribution in [0.3, 0.4) is 0 Å². The van der Waals surface area contributed by atoms with Gasteiger partial charge in [0.15, 0.2) is 6.10 Å². The van der Waals surface area contributed by atoms with Crippen LogP contribution in [0.1, 0.15) is 226 Å². The van der Waals surface area contributed by atoms with Crippen LogP contribution >= 0.6 is 0 Å². The molecule has 0 aliphatic carbocycles. The molecule has 6 nitrogen and oxygen atoms in total. The maximum Gasteiger partial charge on any atom is 0.306 e. The molecule has 0 N–H and O–H groups in total. The summed E-state index contributed by atoms with van der Waals surface area (Å²) in [5.74, 6) is -1.09. The summed E-state index contributed by atoms with van der Waals surface area (Å²) >= 11 is 0. The standard InChI is InChI=1S/C77H114O6/c1-4-7-10-13-16-19-22-25-28-31-34-36-38-40-43-46-49-52-55-58-61-64-67-70-76(79)82-73-74(72-81-75(78)69-66-63-60-57-54-51-48-45-42-33-30-27-24-21-18-15-12-9-6-3)83-77(80)71-68-65-62-59-56-53-50-47-44-41-39-37-35-32-29-26-23-20-17-14-11-8-5-2/h7-12,16-21,25-30,34-37,40-45,49-50,52-53,58-59,61-62,74H,4-6,13-15,22-24,31-33,38-39,46-48,51,54-57,60,63-73H2,1-3H3/b10-7-,11-8-,12-9-,19-16-,20-17-,21-18-,28-25-,29-26-,30-27-,36-34-,37-35-,43-40-,44-41-,45-42-,52-49-,53-50-,61-58-,62-59-. The van der Waals surface area contributed by atoms with Crippen molar-refractivity contribution in [3.63, 3.8) is 0 Å². The van der Waals surface area contributed by atoms with Crippen LogP contribution in [0.25, 0.3) is 0 Å². The van der Waals surface area contributed by atoms with Crippen LogP contribution in [0.4, 0.5) is 0 Å². The lowest BCUT2D eigenvalue weighted by molar-refractivity contribution is -0.167. The number of carbonyl (C=O) groups is 3. The molecule has 0 aromatic rings. The minimum absolute atomic E-state index is 0.141. The highest BCUT2D eigenvalue weighted by atomic mass is 16.6. The van der Waals surface area contributed by atoms with Crippen molar-refractivity contribution in [1.29, 1.82) is 0 Å². The number of rotatable bonds is 55. The second kappa shape index (κ2) is 68.2. The van der Waals surface area contributed by atoms with Crippen LogP contribution in [-0.2, 0) is 28.6 Å². The smallest absolute Gasteiger partial charge is 0.306 e. The van der Waals surface area contributed by atoms with Gasteiger partial charge in [-0.05, 0) is 161 Å². The Hall–Kier alpha value is -6.27. The predicted octanol–water partition coefficient (Wildman–Crippen LogP) is 22.5. The summed E-state index contributed by atoms with van der Waals surface area (Å²) in [5, 5.41) is 0. The second-order valence-electron chi connectivity index (χ2n) is 20.2. The van der Waals surface area contributed by atoms with Crippen molar-refractivity contribution in [3.8, 4) is 0 Å². The van der Waals surface area contributed by atoms with Crippen LogP contribution in [-0.4, -0.2) is 37.2 Å². The van der Waals surface area contributed by atoms with E-state index < -0.39 is 12.1 Å². The van der Waals surface area contributed by atoms with Gasteiger partial charge in [0.05, 0.1) is 0 Å². The van der Waals surface area contributed by atoms with Crippen LogP contribution in [0, 0.1) is 0 Å². The highest BCUT2D eigenvalue weighted by molar-refractivity contribution is 5.71. The number of esters is 3. The van der Waals surface area contributed by atoms with E-state index in [-0.39, 0.29) is 38.0 Å². The van der Waals surface area contributed by atoms with Gasteiger partial charge in [0.2, 0.25) is 0 Å². The van der Waals surface area contributed by atoms with E-state index in [0.29, 0.717) is 19.3 Å². The maximum absolute atomic E-state index is 12.9. The highest BCUT2D eigenvalue weighted by Crippen LogP contribution is 2.12. The average Bonchev–Trinajstić information content (AvgIpc) is 3.49. The third kappa shape index (κ3) is 66.4. The zero-order chi connectivity index (χ0) is 59.9. The summed E-state index contributed by atoms with van der Waals surface area (Å²) in [7, 11) is 0. The normalized spacial score (nSPS) is 13.6. The van der Waals surface area contributed by atoms with E-state index in [0.717, 1.165) is 161 Å². The van der Waals surface area contributed by atoms with E-state index in [1.165, 1.54) is 12.8 Å². The largest absolute Gasteiger partial charge is 0.462 e. The van der Waals surface area contributed by atoms with Crippen molar-refractivity contribution in [3.05, 3.63) is 219 Å². The van der Waals surface area contributed by atoms with Crippen LogP contribution in [0.15, 0.2) is 219 Å². The van der Waals surface area contributed by atoms with Crippen molar-refractivity contribution in [2.24, 2.45) is 0 Å². The summed E-state index contributed by atoms with van der Waals surface area (Å²) in [6.07, 6.45) is 107. The Balaban J connectivity index is 4.67. The maximum atomic E-state index is 12.9. The first-order valence-electron chi connectivity index (χ1n) is 32.2. The average molecular weight is 1140 g/mol. The Morgan fingerprint density at radius 2 is 0.446 bits per heavy atom. The Morgan fingerprint density at radius 3 is 0.723 bits per heavy atom. The summed E-state index contributed by atoms with van der Waals surface area (Å²) in [6.45, 7) is 6.17. The molecule has 0 aromatic heterocycles. The minimum Gasteiger partial charge on any atom is -0.462 e. The van der Waals surface area contributed by atoms with Gasteiger partial charge in [0, 0.05) is 19.3 Å². The van der Waals surface area contributed by atoms with Gasteiger partial charge < -0.3 is 14.2 Å². The van der Waals surface area contributed by atoms with Crippen molar-refractivity contribution in [1.82, 2.24) is 0 Å². The lowest BCUT2D eigenvalue weighted by Gasteiger charge is -2.18. The lowest BCUT2D eigenvalue weighted by Crippen LogP contribution is -2.30. The van der Waals surface area contributed by atoms with Crippen LogP contribution in [0.2, 0.25) is 0 Å². The predicted molar refractivity (Wildman–Crippen MR) is 361 cm³/mol. The van der Waals surface area contributed by atoms with E-state index in [1.807, 2.05) is 0 Å². The van der Waals surface area contributed by atoms with Crippen molar-refractivity contribution < 1.29 is 28.6 Å². The van der Waals surface area contributed by atoms with Gasteiger partial charge in [0.1, 0.15) is 13.2 Å². The molecule has 0 radical (unpaired) electrons. The lowest BCUT2D eigenvalue weighted by atomic mass is 10.1. The fourth-order valence-electron chi connectivity index (χ4n) is 7.76. The molecule has 0 aliphatic rings. The number of unbranched alkanes of at least 4 members (excludes halogenated alkanes) is 8. The van der Waals surface area contributed by atoms with E-state index in [4.69, 9.17) is 14.2 Å². The second-order valence-corrected chi connectivity index (χ2v) is 20.2. The number of ether oxygens (including phenoxy) is 3. The molecule has 1 atom stereocenters. The Bertz CT molecular complexity index is 2080. The third-order valence-electron chi connectivity index (χ3n) is 12.5. The first-order chi connectivity index (χ1) is 41.0. The summed E-state index contributed by atoms with van der Waals surface area (Å²) in [4.78, 5) is 38.4. The number of allylic oxidation sites excluding steroid dienone is 36. The SMILES string of the molecule is CC/C=C\C/C=C\C/C=C\C/C=C\C/C=C\C/C=C\C/C=C\CCCC(=O)OCC(COC(=O)CCCCCCCC/C=C\C/C=C\C/C=C\C/C=C\CC)OC(=O)CCC/C=C\C/C=C\C/C=C\C/C=C\C/C=C\C/C=C\C/C=C\CC. The van der Waals surface area contributed by atoms with Crippen LogP contribution in [0.5, 0.6) is 0 Å². The monoisotopic (exact) mass is 1130 g/mol. The van der Waals surface area contributed by atoms with Gasteiger partial charge in [-0.1, -0.05) is 265 Å². The number of hydrogen-bond acceptors (Lipinski definition) is 6. The molecule has 6 heteroatoms. The molecule has 0 aromatic carbocycles. The van der Waals surface area contributed by atoms with Crippen molar-refractivity contribution in [2.45, 2.75) is 232 Å². The number of hydrogen-bond donors (Lipinski definition) is 0. The molecule has 0 saturated carbocycles. The molecule has 0 rings (SSSR count). The quantitative estimate of drug-likeness (QED) is 0.0261. The molecule has 0 fully saturated rings. The third-order valence-corrected chi connectivity index (χ3v) is 12.5. The van der Waals surface area contributed by atoms with Gasteiger partial charge in [0.25, 0.3) is 0 Å². The minimum atomic E-state index is -0.856. The number of carbonyl (C=O) groups excluding carboxylic acids is 3. The molecular weight excluding hydrogens is 1020 g/mol. The molecule has 0 aliphatic heterocycles. The Morgan fingerprint density at radius 1 is 0.241 bits per heavy atom. The van der Waals surface area contributed by atoms with Gasteiger partial charge >= 0.3 is 17.9 Å². The fourth-order valence-corrected chi connectivity index (χ4v) is 7.76. The van der Waals surface area contributed by atoms with E-state index in [9.17, 15) is 14.4 Å². The van der Waals surface area contributed by atoms with E-state index in [2.05, 4.69) is 240 Å². The first-order valence-corrected chi connectivity index (χ1v) is 32.2. The summed E-state index contributed by atoms with van der Waals surface area (Å²) < 4.78 is 16.8. The van der Waals surface area contributed by atoms with Crippen molar-refractivity contribution >= 4 is 17.9 Å². The van der Waals surface area contributed by atoms with Gasteiger partial charge in [-0.25, -0.2) is 0 Å². The molecule has 0 spiro atoms. The topological polar surface area (TPSA) is 78.9 Å². The molecule has 1 unspecified atom stereocenters. The summed E-state index contributed by atoms with van der Waals surface area (Å²) in [5.41, 5.74) is 0. The molecular formula is C77H114O6. The van der Waals surface area contributed by atoms with Gasteiger partial charge in [-0.3, -0.25) is 14.4 Å². The molecule has 458 valence electrons. The highest BCUT2D eigenvalue weighted by Gasteiger charge is 2.19. The zero-order valence-corrected chi connectivity index (χ0v) is 52.4. The Kier molecular flexibility index (Phi) is 63.1. The first kappa shape index (κ1) is 76.7. The molecule has 0 amide bonds. The van der Waals surface area contributed by atoms with Crippen LogP contribution < -0.4 is 0 Å². The Labute approximate surface area is 508 Å². The van der Waals surface area contributed by atoms with E-state index in [1.54, 1.807) is 0 Å².